The maximum absolute atomic E-state index is 13.4. The first-order valence-corrected chi connectivity index (χ1v) is 12.2. The molecular formula is C32H28N2O4. The Morgan fingerprint density at radius 3 is 2.08 bits per heavy atom. The molecule has 0 fully saturated rings. The minimum Gasteiger partial charge on any atom is -0.322 e. The molecule has 0 spiro atoms. The maximum Gasteiger partial charge on any atom is 0.270 e. The molecule has 0 saturated carbocycles. The van der Waals surface area contributed by atoms with Crippen molar-refractivity contribution in [1.29, 1.82) is 0 Å². The molecule has 6 nitrogen and oxygen atoms in total. The largest absolute Gasteiger partial charge is 0.322 e. The highest BCUT2D eigenvalue weighted by atomic mass is 16.6. The van der Waals surface area contributed by atoms with Crippen LogP contribution in [-0.4, -0.2) is 16.6 Å². The Hall–Kier alpha value is -4.84. The molecule has 0 aliphatic carbocycles. The van der Waals surface area contributed by atoms with Gasteiger partial charge in [0.05, 0.1) is 4.92 Å². The lowest BCUT2D eigenvalue weighted by Gasteiger charge is -2.19. The molecule has 0 radical (unpaired) electrons. The Kier molecular flexibility index (Phi) is 7.63. The molecule has 0 aliphatic heterocycles. The van der Waals surface area contributed by atoms with Crippen LogP contribution in [0.4, 0.5) is 11.4 Å². The van der Waals surface area contributed by atoms with Crippen LogP contribution in [0.15, 0.2) is 103 Å². The molecule has 6 heteroatoms. The molecule has 38 heavy (non-hydrogen) atoms. The van der Waals surface area contributed by atoms with Gasteiger partial charge in [0.2, 0.25) is 0 Å². The molecule has 0 unspecified atom stereocenters. The van der Waals surface area contributed by atoms with Crippen LogP contribution in [-0.2, 0) is 10.2 Å². The van der Waals surface area contributed by atoms with Crippen molar-refractivity contribution in [2.75, 3.05) is 5.32 Å². The van der Waals surface area contributed by atoms with Crippen molar-refractivity contribution in [3.05, 3.63) is 141 Å². The molecule has 0 bridgehead atoms. The van der Waals surface area contributed by atoms with E-state index < -0.39 is 10.8 Å². The van der Waals surface area contributed by atoms with Crippen LogP contribution < -0.4 is 5.32 Å². The van der Waals surface area contributed by atoms with E-state index in [1.54, 1.807) is 54.6 Å². The summed E-state index contributed by atoms with van der Waals surface area (Å²) in [5.74, 6) is -0.543. The number of nitro benzene ring substituents is 1. The molecule has 1 N–H and O–H groups in total. The summed E-state index contributed by atoms with van der Waals surface area (Å²) in [7, 11) is 0. The van der Waals surface area contributed by atoms with E-state index >= 15 is 0 Å². The van der Waals surface area contributed by atoms with Crippen molar-refractivity contribution in [2.24, 2.45) is 0 Å². The SMILES string of the molecule is CC(C)(C)c1ccc(C(=O)c2cccc(NC(=O)/C(=C/c3cccc([N+](=O)[O-])c3)c3ccccc3)c2)cc1. The lowest BCUT2D eigenvalue weighted by atomic mass is 9.86. The summed E-state index contributed by atoms with van der Waals surface area (Å²) in [5, 5.41) is 14.1. The van der Waals surface area contributed by atoms with E-state index in [4.69, 9.17) is 0 Å². The van der Waals surface area contributed by atoms with Gasteiger partial charge in [-0.25, -0.2) is 0 Å². The summed E-state index contributed by atoms with van der Waals surface area (Å²) < 4.78 is 0. The lowest BCUT2D eigenvalue weighted by Crippen LogP contribution is -2.14. The Balaban J connectivity index is 1.61. The molecule has 4 aromatic carbocycles. The molecule has 0 atom stereocenters. The smallest absolute Gasteiger partial charge is 0.270 e. The fourth-order valence-corrected chi connectivity index (χ4v) is 4.02. The predicted molar refractivity (Wildman–Crippen MR) is 151 cm³/mol. The van der Waals surface area contributed by atoms with Gasteiger partial charge in [0, 0.05) is 34.5 Å². The Morgan fingerprint density at radius 1 is 0.763 bits per heavy atom. The maximum atomic E-state index is 13.4. The molecule has 4 aromatic rings. The van der Waals surface area contributed by atoms with Gasteiger partial charge >= 0.3 is 0 Å². The first-order valence-electron chi connectivity index (χ1n) is 12.2. The summed E-state index contributed by atoms with van der Waals surface area (Å²) in [6.45, 7) is 6.35. The third-order valence-corrected chi connectivity index (χ3v) is 6.12. The van der Waals surface area contributed by atoms with Crippen molar-refractivity contribution in [1.82, 2.24) is 0 Å². The zero-order chi connectivity index (χ0) is 27.3. The average Bonchev–Trinajstić information content (AvgIpc) is 2.91. The Morgan fingerprint density at radius 2 is 1.42 bits per heavy atom. The van der Waals surface area contributed by atoms with Crippen molar-refractivity contribution < 1.29 is 14.5 Å². The number of carbonyl (C=O) groups excluding carboxylic acids is 2. The second-order valence-electron chi connectivity index (χ2n) is 9.97. The number of ketones is 1. The second-order valence-corrected chi connectivity index (χ2v) is 9.97. The van der Waals surface area contributed by atoms with E-state index in [1.807, 2.05) is 42.5 Å². The third-order valence-electron chi connectivity index (χ3n) is 6.12. The van der Waals surface area contributed by atoms with Crippen LogP contribution in [0, 0.1) is 10.1 Å². The fraction of sp³-hybridized carbons (Fsp3) is 0.125. The molecule has 4 rings (SSSR count). The van der Waals surface area contributed by atoms with Gasteiger partial charge in [0.15, 0.2) is 5.78 Å². The summed E-state index contributed by atoms with van der Waals surface area (Å²) in [6.07, 6.45) is 1.61. The normalized spacial score (nSPS) is 11.6. The van der Waals surface area contributed by atoms with Gasteiger partial charge in [-0.1, -0.05) is 99.6 Å². The van der Waals surface area contributed by atoms with Gasteiger partial charge in [0.1, 0.15) is 0 Å². The summed E-state index contributed by atoms with van der Waals surface area (Å²) in [4.78, 5) is 37.3. The van der Waals surface area contributed by atoms with Crippen molar-refractivity contribution in [2.45, 2.75) is 26.2 Å². The molecule has 0 aromatic heterocycles. The van der Waals surface area contributed by atoms with E-state index in [0.29, 0.717) is 33.5 Å². The van der Waals surface area contributed by atoms with Crippen LogP contribution in [0.3, 0.4) is 0 Å². The fourth-order valence-electron chi connectivity index (χ4n) is 4.02. The van der Waals surface area contributed by atoms with Gasteiger partial charge in [-0.2, -0.15) is 0 Å². The van der Waals surface area contributed by atoms with Gasteiger partial charge in [-0.05, 0) is 40.3 Å². The van der Waals surface area contributed by atoms with E-state index in [1.165, 1.54) is 12.1 Å². The number of nitrogens with one attached hydrogen (secondary N) is 1. The average molecular weight is 505 g/mol. The summed E-state index contributed by atoms with van der Waals surface area (Å²) in [5.41, 5.74) is 4.06. The number of hydrogen-bond donors (Lipinski definition) is 1. The van der Waals surface area contributed by atoms with E-state index in [9.17, 15) is 19.7 Å². The topological polar surface area (TPSA) is 89.3 Å². The van der Waals surface area contributed by atoms with Crippen molar-refractivity contribution in [3.63, 3.8) is 0 Å². The number of nitro groups is 1. The number of non-ortho nitro benzene ring substituents is 1. The number of hydrogen-bond acceptors (Lipinski definition) is 4. The number of carbonyl (C=O) groups is 2. The minimum atomic E-state index is -0.473. The molecule has 190 valence electrons. The third kappa shape index (κ3) is 6.28. The summed E-state index contributed by atoms with van der Waals surface area (Å²) in [6, 6.07) is 29.5. The first-order chi connectivity index (χ1) is 18.1. The van der Waals surface area contributed by atoms with Gasteiger partial charge in [0.25, 0.3) is 11.6 Å². The Bertz CT molecular complexity index is 1520. The van der Waals surface area contributed by atoms with Crippen LogP contribution in [0.1, 0.15) is 53.4 Å². The molecule has 1 amide bonds. The quantitative estimate of drug-likeness (QED) is 0.0940. The van der Waals surface area contributed by atoms with Crippen molar-refractivity contribution in [3.8, 4) is 0 Å². The first kappa shape index (κ1) is 26.2. The second kappa shape index (κ2) is 11.0. The zero-order valence-electron chi connectivity index (χ0n) is 21.5. The van der Waals surface area contributed by atoms with E-state index in [-0.39, 0.29) is 16.9 Å². The van der Waals surface area contributed by atoms with E-state index in [2.05, 4.69) is 26.1 Å². The van der Waals surface area contributed by atoms with E-state index in [0.717, 1.165) is 5.56 Å². The highest BCUT2D eigenvalue weighted by Gasteiger charge is 2.17. The minimum absolute atomic E-state index is 0.0135. The highest BCUT2D eigenvalue weighted by Crippen LogP contribution is 2.25. The standard InChI is InChI=1S/C32H28N2O4/c1-32(2,3)26-17-15-24(16-18-26)30(35)25-12-8-13-27(21-25)33-31(36)29(23-10-5-4-6-11-23)20-22-9-7-14-28(19-22)34(37)38/h4-21H,1-3H3,(H,33,36)/b29-20+. The predicted octanol–water partition coefficient (Wildman–Crippen LogP) is 7.30. The monoisotopic (exact) mass is 504 g/mol. The highest BCUT2D eigenvalue weighted by molar-refractivity contribution is 6.29. The zero-order valence-corrected chi connectivity index (χ0v) is 21.5. The number of rotatable bonds is 7. The van der Waals surface area contributed by atoms with Crippen LogP contribution in [0.2, 0.25) is 0 Å². The lowest BCUT2D eigenvalue weighted by molar-refractivity contribution is -0.384. The molecule has 0 heterocycles. The van der Waals surface area contributed by atoms with Crippen LogP contribution in [0.5, 0.6) is 0 Å². The number of amides is 1. The van der Waals surface area contributed by atoms with Gasteiger partial charge in [-0.3, -0.25) is 19.7 Å². The molecule has 0 saturated heterocycles. The number of nitrogens with zero attached hydrogens (tertiary/aromatic N) is 1. The number of benzene rings is 4. The molecular weight excluding hydrogens is 476 g/mol. The molecule has 0 aliphatic rings. The van der Waals surface area contributed by atoms with Gasteiger partial charge in [-0.15, -0.1) is 0 Å². The van der Waals surface area contributed by atoms with Crippen LogP contribution >= 0.6 is 0 Å². The summed E-state index contributed by atoms with van der Waals surface area (Å²) >= 11 is 0. The van der Waals surface area contributed by atoms with Crippen LogP contribution in [0.25, 0.3) is 11.6 Å². The Labute approximate surface area is 221 Å². The van der Waals surface area contributed by atoms with Crippen molar-refractivity contribution >= 4 is 34.7 Å². The van der Waals surface area contributed by atoms with Gasteiger partial charge < -0.3 is 5.32 Å². The number of anilines is 1.